The molecule has 0 heterocycles. The number of likely N-dealkylation sites (N-methyl/N-ethyl adjacent to an activating group) is 1. The largest absolute Gasteiger partial charge is 0.484 e. The number of carbonyl (C=O) groups is 1. The van der Waals surface area contributed by atoms with Crippen molar-refractivity contribution in [3.63, 3.8) is 0 Å². The Hall–Kier alpha value is -1.62. The molecule has 3 N–H and O–H groups in total. The normalized spacial score (nSPS) is 12.0. The van der Waals surface area contributed by atoms with E-state index >= 15 is 0 Å². The van der Waals surface area contributed by atoms with E-state index in [4.69, 9.17) is 10.5 Å². The van der Waals surface area contributed by atoms with Crippen LogP contribution >= 0.6 is 0 Å². The first kappa shape index (κ1) is 14.4. The van der Waals surface area contributed by atoms with Crippen LogP contribution in [0.25, 0.3) is 0 Å². The minimum absolute atomic E-state index is 0.0527. The predicted molar refractivity (Wildman–Crippen MR) is 67.9 cm³/mol. The summed E-state index contributed by atoms with van der Waals surface area (Å²) in [6, 6.07) is 4.32. The first-order valence-corrected chi connectivity index (χ1v) is 5.95. The Morgan fingerprint density at radius 2 is 2.22 bits per heavy atom. The number of carbonyl (C=O) groups excluding carboxylic acids is 1. The minimum atomic E-state index is -0.390. The van der Waals surface area contributed by atoms with Crippen molar-refractivity contribution in [3.05, 3.63) is 29.6 Å². The Morgan fingerprint density at radius 3 is 2.83 bits per heavy atom. The van der Waals surface area contributed by atoms with Crippen molar-refractivity contribution in [1.29, 1.82) is 0 Å². The fraction of sp³-hybridized carbons (Fsp3) is 0.462. The zero-order chi connectivity index (χ0) is 13.5. The Kier molecular flexibility index (Phi) is 5.58. The van der Waals surface area contributed by atoms with Crippen LogP contribution in [-0.2, 0) is 11.2 Å². The van der Waals surface area contributed by atoms with Gasteiger partial charge in [0.15, 0.2) is 6.61 Å². The lowest BCUT2D eigenvalue weighted by Gasteiger charge is -2.10. The molecule has 0 radical (unpaired) electrons. The summed E-state index contributed by atoms with van der Waals surface area (Å²) in [7, 11) is 0. The van der Waals surface area contributed by atoms with Crippen LogP contribution < -0.4 is 15.8 Å². The molecule has 1 aromatic carbocycles. The van der Waals surface area contributed by atoms with Gasteiger partial charge in [-0.15, -0.1) is 0 Å². The number of rotatable bonds is 6. The highest BCUT2D eigenvalue weighted by Gasteiger charge is 2.06. The van der Waals surface area contributed by atoms with Gasteiger partial charge in [-0.2, -0.15) is 0 Å². The highest BCUT2D eigenvalue weighted by Crippen LogP contribution is 2.17. The molecule has 0 fully saturated rings. The van der Waals surface area contributed by atoms with E-state index in [0.29, 0.717) is 18.7 Å². The van der Waals surface area contributed by atoms with Crippen molar-refractivity contribution in [3.8, 4) is 5.75 Å². The average Bonchev–Trinajstić information content (AvgIpc) is 2.25. The lowest BCUT2D eigenvalue weighted by Crippen LogP contribution is -2.28. The second kappa shape index (κ2) is 6.96. The van der Waals surface area contributed by atoms with Crippen LogP contribution in [-0.4, -0.2) is 25.1 Å². The average molecular weight is 254 g/mol. The van der Waals surface area contributed by atoms with Gasteiger partial charge in [-0.05, 0) is 38.0 Å². The van der Waals surface area contributed by atoms with Gasteiger partial charge in [-0.3, -0.25) is 4.79 Å². The maximum Gasteiger partial charge on any atom is 0.257 e. The molecule has 100 valence electrons. The van der Waals surface area contributed by atoms with Crippen molar-refractivity contribution in [1.82, 2.24) is 5.32 Å². The molecule has 0 saturated heterocycles. The molecule has 18 heavy (non-hydrogen) atoms. The van der Waals surface area contributed by atoms with Crippen LogP contribution in [0.2, 0.25) is 0 Å². The molecule has 1 rings (SSSR count). The highest BCUT2D eigenvalue weighted by atomic mass is 19.1. The molecule has 0 bridgehead atoms. The smallest absolute Gasteiger partial charge is 0.257 e. The Labute approximate surface area is 106 Å². The highest BCUT2D eigenvalue weighted by molar-refractivity contribution is 5.77. The van der Waals surface area contributed by atoms with Gasteiger partial charge >= 0.3 is 0 Å². The first-order chi connectivity index (χ1) is 8.51. The lowest BCUT2D eigenvalue weighted by atomic mass is 10.1. The molecule has 0 saturated carbocycles. The van der Waals surface area contributed by atoms with Crippen molar-refractivity contribution >= 4 is 5.91 Å². The SMILES string of the molecule is CCNC(=O)COc1cc(F)cc(CC(C)N)c1. The van der Waals surface area contributed by atoms with Crippen LogP contribution in [0.3, 0.4) is 0 Å². The van der Waals surface area contributed by atoms with E-state index < -0.39 is 0 Å². The molecule has 1 aromatic rings. The van der Waals surface area contributed by atoms with Crippen molar-refractivity contribution < 1.29 is 13.9 Å². The second-order valence-electron chi connectivity index (χ2n) is 4.22. The molecule has 0 aliphatic rings. The monoisotopic (exact) mass is 254 g/mol. The number of ether oxygens (including phenoxy) is 1. The van der Waals surface area contributed by atoms with E-state index in [1.807, 2.05) is 13.8 Å². The van der Waals surface area contributed by atoms with E-state index in [1.54, 1.807) is 6.07 Å². The van der Waals surface area contributed by atoms with Gasteiger partial charge in [-0.25, -0.2) is 4.39 Å². The second-order valence-corrected chi connectivity index (χ2v) is 4.22. The summed E-state index contributed by atoms with van der Waals surface area (Å²) < 4.78 is 18.6. The molecule has 5 heteroatoms. The number of nitrogens with one attached hydrogen (secondary N) is 1. The van der Waals surface area contributed by atoms with E-state index in [2.05, 4.69) is 5.32 Å². The van der Waals surface area contributed by atoms with E-state index in [0.717, 1.165) is 5.56 Å². The Balaban J connectivity index is 2.65. The van der Waals surface area contributed by atoms with Crippen LogP contribution in [0, 0.1) is 5.82 Å². The number of hydrogen-bond acceptors (Lipinski definition) is 3. The number of benzene rings is 1. The lowest BCUT2D eigenvalue weighted by molar-refractivity contribution is -0.122. The minimum Gasteiger partial charge on any atom is -0.484 e. The van der Waals surface area contributed by atoms with Gasteiger partial charge in [0.25, 0.3) is 5.91 Å². The summed E-state index contributed by atoms with van der Waals surface area (Å²) >= 11 is 0. The first-order valence-electron chi connectivity index (χ1n) is 5.95. The predicted octanol–water partition coefficient (Wildman–Crippen LogP) is 1.23. The third kappa shape index (κ3) is 5.14. The molecule has 0 spiro atoms. The molecule has 0 aliphatic heterocycles. The van der Waals surface area contributed by atoms with E-state index in [-0.39, 0.29) is 24.4 Å². The van der Waals surface area contributed by atoms with E-state index in [9.17, 15) is 9.18 Å². The summed E-state index contributed by atoms with van der Waals surface area (Å²) in [5.41, 5.74) is 6.42. The van der Waals surface area contributed by atoms with Gasteiger partial charge in [0.2, 0.25) is 0 Å². The molecule has 1 amide bonds. The zero-order valence-corrected chi connectivity index (χ0v) is 10.7. The van der Waals surface area contributed by atoms with Crippen LogP contribution in [0.15, 0.2) is 18.2 Å². The van der Waals surface area contributed by atoms with Crippen molar-refractivity contribution in [2.45, 2.75) is 26.3 Å². The zero-order valence-electron chi connectivity index (χ0n) is 10.7. The quantitative estimate of drug-likeness (QED) is 0.802. The molecule has 4 nitrogen and oxygen atoms in total. The molecular formula is C13H19FN2O2. The summed E-state index contributed by atoms with van der Waals surface area (Å²) in [5, 5.41) is 2.60. The number of halogens is 1. The Morgan fingerprint density at radius 1 is 1.50 bits per heavy atom. The summed E-state index contributed by atoms with van der Waals surface area (Å²) in [6.45, 7) is 4.09. The number of nitrogens with two attached hydrogens (primary N) is 1. The van der Waals surface area contributed by atoms with E-state index in [1.165, 1.54) is 12.1 Å². The van der Waals surface area contributed by atoms with Gasteiger partial charge in [0.1, 0.15) is 11.6 Å². The standard InChI is InChI=1S/C13H19FN2O2/c1-3-16-13(17)8-18-12-6-10(4-9(2)15)5-11(14)7-12/h5-7,9H,3-4,8,15H2,1-2H3,(H,16,17). The van der Waals surface area contributed by atoms with Gasteiger partial charge < -0.3 is 15.8 Å². The van der Waals surface area contributed by atoms with Crippen molar-refractivity contribution in [2.75, 3.05) is 13.2 Å². The van der Waals surface area contributed by atoms with Crippen LogP contribution in [0.4, 0.5) is 4.39 Å². The maximum atomic E-state index is 13.3. The van der Waals surface area contributed by atoms with Gasteiger partial charge in [0, 0.05) is 18.7 Å². The van der Waals surface area contributed by atoms with Crippen LogP contribution in [0.5, 0.6) is 5.75 Å². The summed E-state index contributed by atoms with van der Waals surface area (Å²) in [5.74, 6) is -0.272. The van der Waals surface area contributed by atoms with Gasteiger partial charge in [0.05, 0.1) is 0 Å². The fourth-order valence-electron chi connectivity index (χ4n) is 1.59. The summed E-state index contributed by atoms with van der Waals surface area (Å²) in [6.07, 6.45) is 0.565. The third-order valence-electron chi connectivity index (χ3n) is 2.23. The number of hydrogen-bond donors (Lipinski definition) is 2. The molecular weight excluding hydrogens is 235 g/mol. The molecule has 0 aliphatic carbocycles. The van der Waals surface area contributed by atoms with Crippen molar-refractivity contribution in [2.24, 2.45) is 5.73 Å². The molecule has 1 unspecified atom stereocenters. The third-order valence-corrected chi connectivity index (χ3v) is 2.23. The number of amides is 1. The molecule has 0 aromatic heterocycles. The summed E-state index contributed by atoms with van der Waals surface area (Å²) in [4.78, 5) is 11.2. The maximum absolute atomic E-state index is 13.3. The van der Waals surface area contributed by atoms with Gasteiger partial charge in [-0.1, -0.05) is 0 Å². The van der Waals surface area contributed by atoms with Crippen LogP contribution in [0.1, 0.15) is 19.4 Å². The topological polar surface area (TPSA) is 64.3 Å². The Bertz CT molecular complexity index is 408. The fourth-order valence-corrected chi connectivity index (χ4v) is 1.59. The molecule has 1 atom stereocenters.